The SMILES string of the molecule is O=C1CNC(=O)c2ccc(C(=O)N[C@@H](Cc3ccccc3)C(=O)NCCc3cc(Cl)ccc3-n3cnnn3)cc2N1. The third kappa shape index (κ3) is 6.73. The maximum absolute atomic E-state index is 13.3. The van der Waals surface area contributed by atoms with Crippen LogP contribution in [-0.2, 0) is 22.4 Å². The van der Waals surface area contributed by atoms with Crippen LogP contribution in [-0.4, -0.2) is 63.0 Å². The van der Waals surface area contributed by atoms with Crippen molar-refractivity contribution in [1.82, 2.24) is 36.2 Å². The van der Waals surface area contributed by atoms with Crippen molar-refractivity contribution in [2.75, 3.05) is 18.4 Å². The van der Waals surface area contributed by atoms with Crippen LogP contribution in [0.1, 0.15) is 31.8 Å². The van der Waals surface area contributed by atoms with Gasteiger partial charge in [0.2, 0.25) is 11.8 Å². The summed E-state index contributed by atoms with van der Waals surface area (Å²) in [5.41, 5.74) is 3.07. The Morgan fingerprint density at radius 3 is 2.66 bits per heavy atom. The van der Waals surface area contributed by atoms with E-state index in [1.807, 2.05) is 30.3 Å². The van der Waals surface area contributed by atoms with Gasteiger partial charge in [-0.2, -0.15) is 0 Å². The number of anilines is 1. The molecule has 1 aromatic heterocycles. The Labute approximate surface area is 239 Å². The fourth-order valence-electron chi connectivity index (χ4n) is 4.43. The minimum Gasteiger partial charge on any atom is -0.354 e. The quantitative estimate of drug-likeness (QED) is 0.237. The molecule has 3 aromatic carbocycles. The molecule has 0 radical (unpaired) electrons. The summed E-state index contributed by atoms with van der Waals surface area (Å²) >= 11 is 6.20. The molecule has 0 aliphatic carbocycles. The molecule has 0 saturated carbocycles. The first kappa shape index (κ1) is 27.5. The highest BCUT2D eigenvalue weighted by molar-refractivity contribution is 6.30. The molecule has 41 heavy (non-hydrogen) atoms. The number of halogens is 1. The van der Waals surface area contributed by atoms with Gasteiger partial charge < -0.3 is 21.3 Å². The summed E-state index contributed by atoms with van der Waals surface area (Å²) in [6, 6.07) is 18.1. The van der Waals surface area contributed by atoms with Crippen molar-refractivity contribution in [3.05, 3.63) is 100 Å². The fourth-order valence-corrected chi connectivity index (χ4v) is 4.63. The first-order valence-corrected chi connectivity index (χ1v) is 13.1. The highest BCUT2D eigenvalue weighted by Crippen LogP contribution is 2.21. The molecule has 2 heterocycles. The molecule has 0 unspecified atom stereocenters. The van der Waals surface area contributed by atoms with Crippen LogP contribution in [0.4, 0.5) is 5.69 Å². The Morgan fingerprint density at radius 1 is 1.05 bits per heavy atom. The molecule has 12 nitrogen and oxygen atoms in total. The first-order chi connectivity index (χ1) is 19.9. The largest absolute Gasteiger partial charge is 0.354 e. The Morgan fingerprint density at radius 2 is 1.88 bits per heavy atom. The summed E-state index contributed by atoms with van der Waals surface area (Å²) in [6.45, 7) is 0.0935. The zero-order valence-electron chi connectivity index (χ0n) is 21.6. The molecule has 0 bridgehead atoms. The van der Waals surface area contributed by atoms with E-state index in [1.165, 1.54) is 29.2 Å². The summed E-state index contributed by atoms with van der Waals surface area (Å²) in [5.74, 6) is -1.73. The van der Waals surface area contributed by atoms with Gasteiger partial charge in [0.15, 0.2) is 0 Å². The molecular formula is C28H25ClN8O4. The highest BCUT2D eigenvalue weighted by Gasteiger charge is 2.24. The van der Waals surface area contributed by atoms with Crippen LogP contribution in [0.15, 0.2) is 73.1 Å². The summed E-state index contributed by atoms with van der Waals surface area (Å²) < 4.78 is 1.51. The molecule has 13 heteroatoms. The number of fused-ring (bicyclic) bond motifs is 1. The van der Waals surface area contributed by atoms with Gasteiger partial charge in [0.05, 0.1) is 23.5 Å². The van der Waals surface area contributed by atoms with Crippen molar-refractivity contribution in [3.8, 4) is 5.69 Å². The fraction of sp³-hybridized carbons (Fsp3) is 0.179. The molecule has 1 aliphatic heterocycles. The van der Waals surface area contributed by atoms with Gasteiger partial charge in [0, 0.05) is 23.6 Å². The van der Waals surface area contributed by atoms with E-state index in [0.717, 1.165) is 16.8 Å². The second-order valence-electron chi connectivity index (χ2n) is 9.28. The van der Waals surface area contributed by atoms with E-state index < -0.39 is 23.8 Å². The minimum absolute atomic E-state index is 0.166. The molecule has 4 amide bonds. The average Bonchev–Trinajstić information content (AvgIpc) is 3.46. The molecule has 1 atom stereocenters. The molecule has 0 saturated heterocycles. The van der Waals surface area contributed by atoms with Crippen LogP contribution in [0.3, 0.4) is 0 Å². The smallest absolute Gasteiger partial charge is 0.253 e. The second-order valence-corrected chi connectivity index (χ2v) is 9.71. The Hall–Kier alpha value is -5.10. The highest BCUT2D eigenvalue weighted by atomic mass is 35.5. The standard InChI is InChI=1S/C28H25ClN8O4/c29-20-7-9-24(37-16-32-35-36-37)18(13-20)10-11-30-28(41)23(12-17-4-2-1-3-5-17)34-26(39)19-6-8-21-22(14-19)33-25(38)15-31-27(21)40/h1-9,13-14,16,23H,10-12,15H2,(H,30,41)(H,31,40)(H,33,38)(H,34,39)/t23-/m0/s1. The lowest BCUT2D eigenvalue weighted by atomic mass is 10.0. The Kier molecular flexibility index (Phi) is 8.30. The third-order valence-electron chi connectivity index (χ3n) is 6.45. The number of carbonyl (C=O) groups excluding carboxylic acids is 4. The van der Waals surface area contributed by atoms with Crippen LogP contribution in [0, 0.1) is 0 Å². The van der Waals surface area contributed by atoms with Gasteiger partial charge >= 0.3 is 0 Å². The van der Waals surface area contributed by atoms with Gasteiger partial charge in [-0.3, -0.25) is 19.2 Å². The summed E-state index contributed by atoms with van der Waals surface area (Å²) in [6.07, 6.45) is 2.15. The zero-order valence-corrected chi connectivity index (χ0v) is 22.4. The van der Waals surface area contributed by atoms with E-state index in [-0.39, 0.29) is 42.2 Å². The summed E-state index contributed by atoms with van der Waals surface area (Å²) in [4.78, 5) is 50.8. The van der Waals surface area contributed by atoms with Crippen molar-refractivity contribution >= 4 is 40.9 Å². The average molecular weight is 573 g/mol. The number of carbonyl (C=O) groups is 4. The van der Waals surface area contributed by atoms with Crippen LogP contribution >= 0.6 is 11.6 Å². The monoisotopic (exact) mass is 572 g/mol. The Balaban J connectivity index is 1.30. The lowest BCUT2D eigenvalue weighted by Crippen LogP contribution is -2.48. The van der Waals surface area contributed by atoms with Crippen LogP contribution in [0.25, 0.3) is 5.69 Å². The second kappa shape index (κ2) is 12.4. The predicted octanol–water partition coefficient (Wildman–Crippen LogP) is 1.70. The van der Waals surface area contributed by atoms with Crippen molar-refractivity contribution in [1.29, 1.82) is 0 Å². The van der Waals surface area contributed by atoms with Crippen LogP contribution in [0.5, 0.6) is 0 Å². The van der Waals surface area contributed by atoms with Crippen molar-refractivity contribution < 1.29 is 19.2 Å². The number of nitrogens with zero attached hydrogens (tertiary/aromatic N) is 4. The van der Waals surface area contributed by atoms with E-state index in [9.17, 15) is 19.2 Å². The topological polar surface area (TPSA) is 160 Å². The number of amides is 4. The maximum Gasteiger partial charge on any atom is 0.253 e. The first-order valence-electron chi connectivity index (χ1n) is 12.7. The molecule has 0 spiro atoms. The van der Waals surface area contributed by atoms with Gasteiger partial charge in [0.1, 0.15) is 12.4 Å². The zero-order chi connectivity index (χ0) is 28.8. The van der Waals surface area contributed by atoms with Crippen molar-refractivity contribution in [2.45, 2.75) is 18.9 Å². The molecule has 208 valence electrons. The Bertz CT molecular complexity index is 1590. The number of hydrogen-bond donors (Lipinski definition) is 4. The van der Waals surface area contributed by atoms with E-state index in [2.05, 4.69) is 36.8 Å². The molecular weight excluding hydrogens is 548 g/mol. The number of nitrogens with one attached hydrogen (secondary N) is 4. The van der Waals surface area contributed by atoms with Crippen molar-refractivity contribution in [2.24, 2.45) is 0 Å². The van der Waals surface area contributed by atoms with Crippen molar-refractivity contribution in [3.63, 3.8) is 0 Å². The summed E-state index contributed by atoms with van der Waals surface area (Å²) in [5, 5.41) is 22.6. The van der Waals surface area contributed by atoms with E-state index in [0.29, 0.717) is 11.4 Å². The maximum atomic E-state index is 13.3. The lowest BCUT2D eigenvalue weighted by Gasteiger charge is -2.19. The number of aromatic nitrogens is 4. The normalized spacial score (nSPS) is 13.3. The number of hydrogen-bond acceptors (Lipinski definition) is 7. The number of tetrazole rings is 1. The van der Waals surface area contributed by atoms with Gasteiger partial charge in [0.25, 0.3) is 11.8 Å². The lowest BCUT2D eigenvalue weighted by molar-refractivity contribution is -0.123. The van der Waals surface area contributed by atoms with E-state index >= 15 is 0 Å². The van der Waals surface area contributed by atoms with E-state index in [1.54, 1.807) is 18.2 Å². The van der Waals surface area contributed by atoms with Gasteiger partial charge in [-0.05, 0) is 64.4 Å². The van der Waals surface area contributed by atoms with Crippen LogP contribution < -0.4 is 21.3 Å². The van der Waals surface area contributed by atoms with Crippen LogP contribution in [0.2, 0.25) is 5.02 Å². The van der Waals surface area contributed by atoms with Gasteiger partial charge in [-0.1, -0.05) is 41.9 Å². The molecule has 0 fully saturated rings. The van der Waals surface area contributed by atoms with E-state index in [4.69, 9.17) is 11.6 Å². The minimum atomic E-state index is -0.903. The molecule has 4 N–H and O–H groups in total. The number of benzene rings is 3. The predicted molar refractivity (Wildman–Crippen MR) is 150 cm³/mol. The van der Waals surface area contributed by atoms with Gasteiger partial charge in [-0.25, -0.2) is 4.68 Å². The third-order valence-corrected chi connectivity index (χ3v) is 6.68. The molecule has 4 aromatic rings. The molecule has 5 rings (SSSR count). The number of rotatable bonds is 9. The van der Waals surface area contributed by atoms with Gasteiger partial charge in [-0.15, -0.1) is 5.10 Å². The summed E-state index contributed by atoms with van der Waals surface area (Å²) in [7, 11) is 0. The molecule has 1 aliphatic rings.